The molecule has 4 nitrogen and oxygen atoms in total. The van der Waals surface area contributed by atoms with Crippen LogP contribution in [0.5, 0.6) is 0 Å². The van der Waals surface area contributed by atoms with Crippen molar-refractivity contribution >= 4 is 29.3 Å². The monoisotopic (exact) mass is 308 g/mol. The van der Waals surface area contributed by atoms with Gasteiger partial charge in [0.1, 0.15) is 0 Å². The first-order valence-electron chi connectivity index (χ1n) is 7.30. The molecule has 0 saturated carbocycles. The van der Waals surface area contributed by atoms with Crippen LogP contribution in [0.25, 0.3) is 0 Å². The molecule has 1 rings (SSSR count). The summed E-state index contributed by atoms with van der Waals surface area (Å²) in [5.41, 5.74) is 0.765. The molecule has 1 aromatic rings. The van der Waals surface area contributed by atoms with E-state index in [-0.39, 0.29) is 23.1 Å². The average Bonchev–Trinajstić information content (AvgIpc) is 2.45. The van der Waals surface area contributed by atoms with Gasteiger partial charge in [-0.3, -0.25) is 9.59 Å². The molecule has 0 aliphatic heterocycles. The van der Waals surface area contributed by atoms with E-state index < -0.39 is 0 Å². The second-order valence-electron chi connectivity index (χ2n) is 4.99. The van der Waals surface area contributed by atoms with Crippen LogP contribution < -0.4 is 10.6 Å². The van der Waals surface area contributed by atoms with E-state index >= 15 is 0 Å². The normalized spacial score (nSPS) is 12.0. The van der Waals surface area contributed by atoms with Crippen molar-refractivity contribution in [1.29, 1.82) is 0 Å². The Morgan fingerprint density at radius 3 is 2.19 bits per heavy atom. The lowest BCUT2D eigenvalue weighted by Gasteiger charge is -2.18. The van der Waals surface area contributed by atoms with Gasteiger partial charge < -0.3 is 10.6 Å². The average molecular weight is 308 g/mol. The van der Waals surface area contributed by atoms with Gasteiger partial charge in [-0.1, -0.05) is 13.8 Å². The molecule has 2 amide bonds. The molecular weight excluding hydrogens is 284 g/mol. The summed E-state index contributed by atoms with van der Waals surface area (Å²) < 4.78 is 0. The molecular formula is C16H24N2O2S. The van der Waals surface area contributed by atoms with Crippen molar-refractivity contribution in [2.75, 3.05) is 5.32 Å². The highest BCUT2D eigenvalue weighted by Gasteiger charge is 2.16. The zero-order valence-corrected chi connectivity index (χ0v) is 13.9. The summed E-state index contributed by atoms with van der Waals surface area (Å²) in [6, 6.07) is 7.76. The van der Waals surface area contributed by atoms with Crippen molar-refractivity contribution in [1.82, 2.24) is 5.32 Å². The molecule has 5 heteroatoms. The van der Waals surface area contributed by atoms with E-state index in [1.54, 1.807) is 0 Å². The molecule has 0 aromatic heterocycles. The maximum Gasteiger partial charge on any atom is 0.233 e. The van der Waals surface area contributed by atoms with Crippen LogP contribution >= 0.6 is 11.8 Å². The lowest BCUT2D eigenvalue weighted by molar-refractivity contribution is -0.121. The molecule has 0 spiro atoms. The Labute approximate surface area is 131 Å². The number of anilines is 1. The zero-order chi connectivity index (χ0) is 15.8. The van der Waals surface area contributed by atoms with Gasteiger partial charge in [-0.25, -0.2) is 0 Å². The number of nitrogens with one attached hydrogen (secondary N) is 2. The predicted octanol–water partition coefficient (Wildman–Crippen LogP) is 3.43. The fourth-order valence-electron chi connectivity index (χ4n) is 1.89. The Kier molecular flexibility index (Phi) is 7.29. The summed E-state index contributed by atoms with van der Waals surface area (Å²) in [5, 5.41) is 5.64. The molecule has 0 aliphatic carbocycles. The third-order valence-electron chi connectivity index (χ3n) is 3.19. The summed E-state index contributed by atoms with van der Waals surface area (Å²) >= 11 is 1.52. The maximum absolute atomic E-state index is 12.1. The Bertz CT molecular complexity index is 470. The number of benzene rings is 1. The molecule has 2 N–H and O–H groups in total. The Hall–Kier alpha value is -1.49. The van der Waals surface area contributed by atoms with Gasteiger partial charge in [0.25, 0.3) is 0 Å². The van der Waals surface area contributed by atoms with E-state index in [1.807, 2.05) is 31.2 Å². The van der Waals surface area contributed by atoms with Gasteiger partial charge in [0.15, 0.2) is 0 Å². The summed E-state index contributed by atoms with van der Waals surface area (Å²) in [5.74, 6) is -0.0204. The van der Waals surface area contributed by atoms with Crippen molar-refractivity contribution in [2.24, 2.45) is 0 Å². The first-order valence-corrected chi connectivity index (χ1v) is 8.18. The molecule has 21 heavy (non-hydrogen) atoms. The number of hydrogen-bond acceptors (Lipinski definition) is 3. The van der Waals surface area contributed by atoms with Crippen LogP contribution in [0, 0.1) is 0 Å². The number of carbonyl (C=O) groups is 2. The van der Waals surface area contributed by atoms with Crippen molar-refractivity contribution in [3.05, 3.63) is 24.3 Å². The second kappa shape index (κ2) is 8.72. The molecule has 0 aliphatic rings. The molecule has 0 bridgehead atoms. The minimum absolute atomic E-state index is 0.0691. The zero-order valence-electron chi connectivity index (χ0n) is 13.1. The lowest BCUT2D eigenvalue weighted by Crippen LogP contribution is -2.38. The van der Waals surface area contributed by atoms with Crippen LogP contribution in [0.15, 0.2) is 29.2 Å². The van der Waals surface area contributed by atoms with E-state index in [0.29, 0.717) is 0 Å². The topological polar surface area (TPSA) is 58.2 Å². The van der Waals surface area contributed by atoms with E-state index in [2.05, 4.69) is 24.5 Å². The largest absolute Gasteiger partial charge is 0.352 e. The van der Waals surface area contributed by atoms with Crippen molar-refractivity contribution in [3.8, 4) is 0 Å². The Morgan fingerprint density at radius 1 is 1.14 bits per heavy atom. The van der Waals surface area contributed by atoms with Crippen molar-refractivity contribution in [2.45, 2.75) is 56.7 Å². The number of carbonyl (C=O) groups excluding carboxylic acids is 2. The Morgan fingerprint density at radius 2 is 1.71 bits per heavy atom. The molecule has 0 heterocycles. The second-order valence-corrected chi connectivity index (χ2v) is 6.40. The first-order chi connectivity index (χ1) is 9.96. The van der Waals surface area contributed by atoms with Crippen LogP contribution in [0.4, 0.5) is 5.69 Å². The van der Waals surface area contributed by atoms with Gasteiger partial charge in [-0.15, -0.1) is 11.8 Å². The predicted molar refractivity (Wildman–Crippen MR) is 88.6 cm³/mol. The van der Waals surface area contributed by atoms with Crippen molar-refractivity contribution < 1.29 is 9.59 Å². The summed E-state index contributed by atoms with van der Waals surface area (Å²) in [6.07, 6.45) is 1.90. The Balaban J connectivity index is 2.55. The maximum atomic E-state index is 12.1. The van der Waals surface area contributed by atoms with Crippen LogP contribution in [-0.2, 0) is 9.59 Å². The lowest BCUT2D eigenvalue weighted by atomic mass is 10.2. The van der Waals surface area contributed by atoms with Crippen LogP contribution in [0.3, 0.4) is 0 Å². The van der Waals surface area contributed by atoms with Crippen LogP contribution in [0.2, 0.25) is 0 Å². The quantitative estimate of drug-likeness (QED) is 0.759. The highest BCUT2D eigenvalue weighted by molar-refractivity contribution is 8.00. The van der Waals surface area contributed by atoms with Gasteiger partial charge in [-0.2, -0.15) is 0 Å². The highest BCUT2D eigenvalue weighted by Crippen LogP contribution is 2.25. The fraction of sp³-hybridized carbons (Fsp3) is 0.500. The number of amides is 2. The molecule has 0 saturated heterocycles. The first kappa shape index (κ1) is 17.6. The minimum Gasteiger partial charge on any atom is -0.352 e. The molecule has 1 aromatic carbocycles. The molecule has 116 valence electrons. The molecule has 0 fully saturated rings. The third-order valence-corrected chi connectivity index (χ3v) is 4.30. The van der Waals surface area contributed by atoms with E-state index in [0.717, 1.165) is 23.4 Å². The van der Waals surface area contributed by atoms with E-state index in [9.17, 15) is 9.59 Å². The van der Waals surface area contributed by atoms with Gasteiger partial charge in [0.2, 0.25) is 11.8 Å². The standard InChI is InChI=1S/C16H24N2O2S/c1-5-13(6-2)18-16(20)11(3)21-15-9-7-14(8-10-15)17-12(4)19/h7-11,13H,5-6H2,1-4H3,(H,17,19)(H,18,20). The summed E-state index contributed by atoms with van der Waals surface area (Å²) in [4.78, 5) is 24.1. The molecule has 1 atom stereocenters. The van der Waals surface area contributed by atoms with Gasteiger partial charge in [0, 0.05) is 23.5 Å². The van der Waals surface area contributed by atoms with Crippen LogP contribution in [0.1, 0.15) is 40.5 Å². The van der Waals surface area contributed by atoms with Gasteiger partial charge in [0.05, 0.1) is 5.25 Å². The minimum atomic E-state index is -0.141. The highest BCUT2D eigenvalue weighted by atomic mass is 32.2. The molecule has 0 radical (unpaired) electrons. The number of thioether (sulfide) groups is 1. The smallest absolute Gasteiger partial charge is 0.233 e. The van der Waals surface area contributed by atoms with Gasteiger partial charge >= 0.3 is 0 Å². The SMILES string of the molecule is CCC(CC)NC(=O)C(C)Sc1ccc(NC(C)=O)cc1. The number of hydrogen-bond donors (Lipinski definition) is 2. The van der Waals surface area contributed by atoms with Gasteiger partial charge in [-0.05, 0) is 44.0 Å². The number of rotatable bonds is 7. The van der Waals surface area contributed by atoms with Crippen molar-refractivity contribution in [3.63, 3.8) is 0 Å². The molecule has 1 unspecified atom stereocenters. The summed E-state index contributed by atoms with van der Waals surface area (Å²) in [6.45, 7) is 7.54. The third kappa shape index (κ3) is 6.21. The fourth-order valence-corrected chi connectivity index (χ4v) is 2.77. The summed E-state index contributed by atoms with van der Waals surface area (Å²) in [7, 11) is 0. The van der Waals surface area contributed by atoms with Crippen LogP contribution in [-0.4, -0.2) is 23.1 Å². The van der Waals surface area contributed by atoms with E-state index in [4.69, 9.17) is 0 Å². The van der Waals surface area contributed by atoms with E-state index in [1.165, 1.54) is 18.7 Å².